The molecule has 4 rings (SSSR count). The lowest BCUT2D eigenvalue weighted by Crippen LogP contribution is -2.45. The van der Waals surface area contributed by atoms with Crippen LogP contribution >= 0.6 is 0 Å². The molecule has 1 N–H and O–H groups in total. The lowest BCUT2D eigenvalue weighted by atomic mass is 10.0. The third-order valence-corrected chi connectivity index (χ3v) is 5.48. The van der Waals surface area contributed by atoms with Gasteiger partial charge in [-0.15, -0.1) is 0 Å². The smallest absolute Gasteiger partial charge is 0.274 e. The summed E-state index contributed by atoms with van der Waals surface area (Å²) in [5.74, 6) is 0.690. The summed E-state index contributed by atoms with van der Waals surface area (Å²) in [5, 5.41) is 2.94. The van der Waals surface area contributed by atoms with Gasteiger partial charge in [0.2, 0.25) is 0 Å². The Kier molecular flexibility index (Phi) is 5.03. The van der Waals surface area contributed by atoms with Crippen LogP contribution in [0.3, 0.4) is 0 Å². The van der Waals surface area contributed by atoms with Gasteiger partial charge in [-0.1, -0.05) is 6.07 Å². The van der Waals surface area contributed by atoms with Crippen molar-refractivity contribution in [3.8, 4) is 0 Å². The second kappa shape index (κ2) is 7.48. The SMILES string of the molecule is Cc1nc(C(=O)Nc2ccc(C)c(C)c2)cc(N2CCC3(CC2)OCCO3)n1. The maximum atomic E-state index is 12.7. The van der Waals surface area contributed by atoms with Crippen molar-refractivity contribution < 1.29 is 14.3 Å². The largest absolute Gasteiger partial charge is 0.356 e. The number of aryl methyl sites for hydroxylation is 3. The molecule has 28 heavy (non-hydrogen) atoms. The van der Waals surface area contributed by atoms with E-state index in [1.165, 1.54) is 5.56 Å². The fourth-order valence-corrected chi connectivity index (χ4v) is 3.71. The first-order chi connectivity index (χ1) is 13.4. The first-order valence-electron chi connectivity index (χ1n) is 9.71. The molecule has 1 amide bonds. The Morgan fingerprint density at radius 3 is 2.43 bits per heavy atom. The third kappa shape index (κ3) is 3.86. The minimum atomic E-state index is -0.428. The van der Waals surface area contributed by atoms with Crippen molar-refractivity contribution >= 4 is 17.4 Å². The van der Waals surface area contributed by atoms with Crippen LogP contribution in [0.4, 0.5) is 11.5 Å². The molecule has 0 atom stereocenters. The van der Waals surface area contributed by atoms with E-state index in [-0.39, 0.29) is 5.91 Å². The standard InChI is InChI=1S/C21H26N4O3/c1-14-4-5-17(12-15(14)2)24-20(26)18-13-19(23-16(3)22-18)25-8-6-21(7-9-25)27-10-11-28-21/h4-5,12-13H,6-11H2,1-3H3,(H,24,26). The first-order valence-corrected chi connectivity index (χ1v) is 9.71. The summed E-state index contributed by atoms with van der Waals surface area (Å²) < 4.78 is 11.6. The second-order valence-corrected chi connectivity index (χ2v) is 7.51. The number of carbonyl (C=O) groups excluding carboxylic acids is 1. The molecule has 2 aliphatic rings. The monoisotopic (exact) mass is 382 g/mol. The van der Waals surface area contributed by atoms with Gasteiger partial charge < -0.3 is 19.7 Å². The molecular weight excluding hydrogens is 356 g/mol. The van der Waals surface area contributed by atoms with Gasteiger partial charge in [-0.25, -0.2) is 9.97 Å². The molecule has 3 heterocycles. The van der Waals surface area contributed by atoms with Crippen LogP contribution in [0.15, 0.2) is 24.3 Å². The molecular formula is C21H26N4O3. The van der Waals surface area contributed by atoms with Crippen LogP contribution in [0.25, 0.3) is 0 Å². The van der Waals surface area contributed by atoms with E-state index < -0.39 is 5.79 Å². The number of benzene rings is 1. The van der Waals surface area contributed by atoms with Crippen LogP contribution in [0.5, 0.6) is 0 Å². The lowest BCUT2D eigenvalue weighted by Gasteiger charge is -2.38. The fraction of sp³-hybridized carbons (Fsp3) is 0.476. The van der Waals surface area contributed by atoms with E-state index in [1.807, 2.05) is 39.0 Å². The van der Waals surface area contributed by atoms with Gasteiger partial charge in [0.25, 0.3) is 5.91 Å². The number of rotatable bonds is 3. The number of nitrogens with zero attached hydrogens (tertiary/aromatic N) is 3. The molecule has 148 valence electrons. The van der Waals surface area contributed by atoms with Gasteiger partial charge in [0.1, 0.15) is 17.3 Å². The highest BCUT2D eigenvalue weighted by Gasteiger charge is 2.40. The number of ether oxygens (including phenoxy) is 2. The second-order valence-electron chi connectivity index (χ2n) is 7.51. The van der Waals surface area contributed by atoms with E-state index in [1.54, 1.807) is 6.07 Å². The average Bonchev–Trinajstić information content (AvgIpc) is 3.13. The van der Waals surface area contributed by atoms with Crippen molar-refractivity contribution in [3.63, 3.8) is 0 Å². The average molecular weight is 382 g/mol. The van der Waals surface area contributed by atoms with Gasteiger partial charge in [-0.2, -0.15) is 0 Å². The zero-order valence-corrected chi connectivity index (χ0v) is 16.6. The molecule has 0 aliphatic carbocycles. The van der Waals surface area contributed by atoms with Crippen LogP contribution in [0, 0.1) is 20.8 Å². The Labute approximate surface area is 165 Å². The van der Waals surface area contributed by atoms with Crippen LogP contribution in [0.1, 0.15) is 40.3 Å². The molecule has 0 bridgehead atoms. The van der Waals surface area contributed by atoms with Gasteiger partial charge in [0.15, 0.2) is 5.79 Å². The van der Waals surface area contributed by atoms with Crippen LogP contribution in [0.2, 0.25) is 0 Å². The topological polar surface area (TPSA) is 76.6 Å². The zero-order chi connectivity index (χ0) is 19.7. The Morgan fingerprint density at radius 2 is 1.75 bits per heavy atom. The van der Waals surface area contributed by atoms with E-state index in [0.717, 1.165) is 43.0 Å². The third-order valence-electron chi connectivity index (χ3n) is 5.48. The summed E-state index contributed by atoms with van der Waals surface area (Å²) in [6.07, 6.45) is 1.58. The number of hydrogen-bond acceptors (Lipinski definition) is 6. The van der Waals surface area contributed by atoms with Crippen LogP contribution in [-0.2, 0) is 9.47 Å². The maximum Gasteiger partial charge on any atom is 0.274 e. The number of piperidine rings is 1. The van der Waals surface area contributed by atoms with E-state index in [0.29, 0.717) is 24.7 Å². The molecule has 2 aromatic rings. The molecule has 1 aromatic heterocycles. The van der Waals surface area contributed by atoms with Crippen molar-refractivity contribution in [2.45, 2.75) is 39.4 Å². The highest BCUT2D eigenvalue weighted by Crippen LogP contribution is 2.32. The summed E-state index contributed by atoms with van der Waals surface area (Å²) in [5.41, 5.74) is 3.46. The van der Waals surface area contributed by atoms with E-state index in [4.69, 9.17) is 9.47 Å². The predicted molar refractivity (Wildman–Crippen MR) is 107 cm³/mol. The predicted octanol–water partition coefficient (Wildman–Crippen LogP) is 3.00. The van der Waals surface area contributed by atoms with E-state index in [2.05, 4.69) is 20.2 Å². The fourth-order valence-electron chi connectivity index (χ4n) is 3.71. The van der Waals surface area contributed by atoms with Crippen molar-refractivity contribution in [1.82, 2.24) is 9.97 Å². The molecule has 1 aromatic carbocycles. The van der Waals surface area contributed by atoms with Gasteiger partial charge in [-0.05, 0) is 44.0 Å². The van der Waals surface area contributed by atoms with E-state index >= 15 is 0 Å². The summed E-state index contributed by atoms with van der Waals surface area (Å²) >= 11 is 0. The number of hydrogen-bond donors (Lipinski definition) is 1. The van der Waals surface area contributed by atoms with Gasteiger partial charge in [0, 0.05) is 37.7 Å². The normalized spacial score (nSPS) is 18.5. The molecule has 0 radical (unpaired) electrons. The quantitative estimate of drug-likeness (QED) is 0.879. The first kappa shape index (κ1) is 18.8. The van der Waals surface area contributed by atoms with Gasteiger partial charge >= 0.3 is 0 Å². The Hall–Kier alpha value is -2.51. The highest BCUT2D eigenvalue weighted by molar-refractivity contribution is 6.03. The summed E-state index contributed by atoms with van der Waals surface area (Å²) in [4.78, 5) is 23.8. The molecule has 2 fully saturated rings. The van der Waals surface area contributed by atoms with Crippen LogP contribution < -0.4 is 10.2 Å². The van der Waals surface area contributed by atoms with E-state index in [9.17, 15) is 4.79 Å². The number of carbonyl (C=O) groups is 1. The Morgan fingerprint density at radius 1 is 1.04 bits per heavy atom. The Bertz CT molecular complexity index is 883. The molecule has 2 aliphatic heterocycles. The molecule has 0 saturated carbocycles. The van der Waals surface area contributed by atoms with Gasteiger partial charge in [-0.3, -0.25) is 4.79 Å². The molecule has 0 unspecified atom stereocenters. The zero-order valence-electron chi connectivity index (χ0n) is 16.6. The number of anilines is 2. The Balaban J connectivity index is 1.49. The van der Waals surface area contributed by atoms with Crippen LogP contribution in [-0.4, -0.2) is 48.0 Å². The number of nitrogens with one attached hydrogen (secondary N) is 1. The molecule has 2 saturated heterocycles. The minimum absolute atomic E-state index is 0.231. The summed E-state index contributed by atoms with van der Waals surface area (Å²) in [6, 6.07) is 7.63. The van der Waals surface area contributed by atoms with Gasteiger partial charge in [0.05, 0.1) is 13.2 Å². The lowest BCUT2D eigenvalue weighted by molar-refractivity contribution is -0.169. The number of amides is 1. The summed E-state index contributed by atoms with van der Waals surface area (Å²) in [6.45, 7) is 8.75. The van der Waals surface area contributed by atoms with Crippen molar-refractivity contribution in [2.24, 2.45) is 0 Å². The van der Waals surface area contributed by atoms with Crippen molar-refractivity contribution in [1.29, 1.82) is 0 Å². The van der Waals surface area contributed by atoms with Crippen molar-refractivity contribution in [2.75, 3.05) is 36.5 Å². The maximum absolute atomic E-state index is 12.7. The highest BCUT2D eigenvalue weighted by atomic mass is 16.7. The minimum Gasteiger partial charge on any atom is -0.356 e. The molecule has 7 nitrogen and oxygen atoms in total. The van der Waals surface area contributed by atoms with Crippen molar-refractivity contribution in [3.05, 3.63) is 46.9 Å². The summed E-state index contributed by atoms with van der Waals surface area (Å²) in [7, 11) is 0. The molecule has 1 spiro atoms. The number of aromatic nitrogens is 2. The molecule has 7 heteroatoms.